The third-order valence-electron chi connectivity index (χ3n) is 5.11. The minimum atomic E-state index is -1.06. The number of unbranched alkanes of at least 4 members (excludes halogenated alkanes) is 13. The van der Waals surface area contributed by atoms with Gasteiger partial charge in [-0.1, -0.05) is 96.5 Å². The van der Waals surface area contributed by atoms with Gasteiger partial charge in [0.05, 0.1) is 0 Å². The SMILES string of the molecule is CCCCCCCCCCCCCCCCc1ccc(O)c(C(=O)O)c1.[CaH2]. The van der Waals surface area contributed by atoms with E-state index in [1.54, 1.807) is 6.07 Å². The molecule has 1 aromatic rings. The van der Waals surface area contributed by atoms with Crippen LogP contribution < -0.4 is 0 Å². The molecule has 4 heteroatoms. The second kappa shape index (κ2) is 17.8. The van der Waals surface area contributed by atoms with Crippen LogP contribution in [0.25, 0.3) is 0 Å². The number of aromatic carboxylic acids is 1. The Kier molecular flexibility index (Phi) is 17.7. The Bertz CT molecular complexity index is 502. The number of aromatic hydroxyl groups is 1. The molecule has 0 heterocycles. The van der Waals surface area contributed by atoms with Crippen LogP contribution >= 0.6 is 0 Å². The molecule has 1 rings (SSSR count). The van der Waals surface area contributed by atoms with Gasteiger partial charge in [-0.15, -0.1) is 0 Å². The normalized spacial score (nSPS) is 10.6. The minimum absolute atomic E-state index is 0. The molecular weight excluding hydrogens is 364 g/mol. The second-order valence-corrected chi connectivity index (χ2v) is 7.50. The van der Waals surface area contributed by atoms with Gasteiger partial charge in [-0.25, -0.2) is 4.79 Å². The standard InChI is InChI=1S/C23H38O3.Ca.2H/c1-2-3-4-5-6-7-8-9-10-11-12-13-14-15-16-20-17-18-22(24)21(19-20)23(25)26;;;/h17-19,24H,2-16H2,1H3,(H,25,26);;;. The number of aryl methyl sites for hydroxylation is 1. The summed E-state index contributed by atoms with van der Waals surface area (Å²) in [6.07, 6.45) is 19.6. The Labute approximate surface area is 196 Å². The van der Waals surface area contributed by atoms with Crippen LogP contribution in [0.5, 0.6) is 5.75 Å². The monoisotopic (exact) mass is 404 g/mol. The zero-order valence-corrected chi connectivity index (χ0v) is 16.6. The van der Waals surface area contributed by atoms with Gasteiger partial charge in [0.1, 0.15) is 11.3 Å². The third-order valence-corrected chi connectivity index (χ3v) is 5.11. The molecular formula is C23H40CaO3. The Hall–Kier alpha value is -0.250. The molecule has 0 aliphatic rings. The summed E-state index contributed by atoms with van der Waals surface area (Å²) in [7, 11) is 0. The topological polar surface area (TPSA) is 57.5 Å². The van der Waals surface area contributed by atoms with E-state index in [-0.39, 0.29) is 49.1 Å². The Morgan fingerprint density at radius 1 is 0.778 bits per heavy atom. The molecule has 0 radical (unpaired) electrons. The summed E-state index contributed by atoms with van der Waals surface area (Å²) in [6, 6.07) is 4.91. The van der Waals surface area contributed by atoms with E-state index in [4.69, 9.17) is 5.11 Å². The summed E-state index contributed by atoms with van der Waals surface area (Å²) in [5.74, 6) is -1.22. The predicted octanol–water partition coefficient (Wildman–Crippen LogP) is 6.20. The number of rotatable bonds is 16. The molecule has 3 nitrogen and oxygen atoms in total. The first kappa shape index (κ1) is 26.7. The molecule has 1 aromatic carbocycles. The summed E-state index contributed by atoms with van der Waals surface area (Å²) < 4.78 is 0. The van der Waals surface area contributed by atoms with Crippen molar-refractivity contribution in [3.63, 3.8) is 0 Å². The summed E-state index contributed by atoms with van der Waals surface area (Å²) in [6.45, 7) is 2.27. The Morgan fingerprint density at radius 3 is 1.67 bits per heavy atom. The van der Waals surface area contributed by atoms with Crippen molar-refractivity contribution >= 4 is 43.7 Å². The summed E-state index contributed by atoms with van der Waals surface area (Å²) in [5, 5.41) is 18.5. The predicted molar refractivity (Wildman–Crippen MR) is 118 cm³/mol. The fraction of sp³-hybridized carbons (Fsp3) is 0.696. The summed E-state index contributed by atoms with van der Waals surface area (Å²) >= 11 is 0. The van der Waals surface area contributed by atoms with Crippen LogP contribution in [-0.4, -0.2) is 53.9 Å². The number of phenols is 1. The van der Waals surface area contributed by atoms with Gasteiger partial charge >= 0.3 is 43.7 Å². The van der Waals surface area contributed by atoms with Crippen LogP contribution in [0.1, 0.15) is 113 Å². The molecule has 0 fully saturated rings. The molecule has 0 spiro atoms. The summed E-state index contributed by atoms with van der Waals surface area (Å²) in [4.78, 5) is 11.0. The van der Waals surface area contributed by atoms with Crippen LogP contribution in [0.2, 0.25) is 0 Å². The van der Waals surface area contributed by atoms with Crippen LogP contribution in [0.4, 0.5) is 0 Å². The molecule has 27 heavy (non-hydrogen) atoms. The number of carbonyl (C=O) groups is 1. The van der Waals surface area contributed by atoms with Gasteiger partial charge in [0.15, 0.2) is 0 Å². The fourth-order valence-corrected chi connectivity index (χ4v) is 3.43. The zero-order chi connectivity index (χ0) is 19.0. The molecule has 0 amide bonds. The first-order valence-corrected chi connectivity index (χ1v) is 10.7. The Balaban J connectivity index is 0.00000676. The maximum absolute atomic E-state index is 11.0. The molecule has 0 aliphatic heterocycles. The molecule has 0 unspecified atom stereocenters. The second-order valence-electron chi connectivity index (χ2n) is 7.50. The van der Waals surface area contributed by atoms with Gasteiger partial charge in [-0.05, 0) is 30.5 Å². The van der Waals surface area contributed by atoms with Crippen LogP contribution in [0.3, 0.4) is 0 Å². The fourth-order valence-electron chi connectivity index (χ4n) is 3.43. The number of carboxylic acid groups (broad SMARTS) is 1. The molecule has 0 aliphatic carbocycles. The van der Waals surface area contributed by atoms with Gasteiger partial charge in [-0.3, -0.25) is 0 Å². The number of hydrogen-bond donors (Lipinski definition) is 2. The third kappa shape index (κ3) is 13.5. The molecule has 0 saturated carbocycles. The van der Waals surface area contributed by atoms with E-state index in [1.165, 1.54) is 89.5 Å². The summed E-state index contributed by atoms with van der Waals surface area (Å²) in [5.41, 5.74) is 1.01. The number of benzene rings is 1. The van der Waals surface area contributed by atoms with Crippen molar-refractivity contribution in [2.75, 3.05) is 0 Å². The van der Waals surface area contributed by atoms with Crippen molar-refractivity contribution in [2.24, 2.45) is 0 Å². The van der Waals surface area contributed by atoms with Crippen molar-refractivity contribution in [2.45, 2.75) is 103 Å². The van der Waals surface area contributed by atoms with E-state index < -0.39 is 5.97 Å². The van der Waals surface area contributed by atoms with Crippen LogP contribution in [0, 0.1) is 0 Å². The maximum atomic E-state index is 11.0. The number of hydrogen-bond acceptors (Lipinski definition) is 2. The van der Waals surface area contributed by atoms with Gasteiger partial charge < -0.3 is 10.2 Å². The molecule has 152 valence electrons. The van der Waals surface area contributed by atoms with Crippen LogP contribution in [-0.2, 0) is 6.42 Å². The average Bonchev–Trinajstić information content (AvgIpc) is 2.63. The van der Waals surface area contributed by atoms with Crippen molar-refractivity contribution in [1.29, 1.82) is 0 Å². The van der Waals surface area contributed by atoms with Gasteiger partial charge in [0.25, 0.3) is 0 Å². The molecule has 0 atom stereocenters. The van der Waals surface area contributed by atoms with Gasteiger partial charge in [-0.2, -0.15) is 0 Å². The van der Waals surface area contributed by atoms with E-state index in [0.29, 0.717) is 0 Å². The van der Waals surface area contributed by atoms with Crippen LogP contribution in [0.15, 0.2) is 18.2 Å². The van der Waals surface area contributed by atoms with Gasteiger partial charge in [0, 0.05) is 0 Å². The quantitative estimate of drug-likeness (QED) is 0.255. The first-order valence-electron chi connectivity index (χ1n) is 10.7. The number of carboxylic acids is 1. The average molecular weight is 405 g/mol. The van der Waals surface area contributed by atoms with Crippen molar-refractivity contribution in [1.82, 2.24) is 0 Å². The van der Waals surface area contributed by atoms with Crippen molar-refractivity contribution < 1.29 is 15.0 Å². The van der Waals surface area contributed by atoms with Crippen molar-refractivity contribution in [3.05, 3.63) is 29.3 Å². The first-order chi connectivity index (χ1) is 12.6. The Morgan fingerprint density at radius 2 is 1.22 bits per heavy atom. The van der Waals surface area contributed by atoms with E-state index >= 15 is 0 Å². The van der Waals surface area contributed by atoms with Crippen molar-refractivity contribution in [3.8, 4) is 5.75 Å². The zero-order valence-electron chi connectivity index (χ0n) is 16.6. The van der Waals surface area contributed by atoms with E-state index in [1.807, 2.05) is 6.07 Å². The van der Waals surface area contributed by atoms with E-state index in [9.17, 15) is 9.90 Å². The molecule has 0 saturated heterocycles. The van der Waals surface area contributed by atoms with Gasteiger partial charge in [0.2, 0.25) is 0 Å². The molecule has 0 aromatic heterocycles. The molecule has 0 bridgehead atoms. The van der Waals surface area contributed by atoms with E-state index in [2.05, 4.69) is 6.92 Å². The van der Waals surface area contributed by atoms with E-state index in [0.717, 1.165) is 18.4 Å². The molecule has 2 N–H and O–H groups in total.